The minimum atomic E-state index is -0.538. The zero-order valence-electron chi connectivity index (χ0n) is 14.7. The second-order valence-electron chi connectivity index (χ2n) is 6.14. The van der Waals surface area contributed by atoms with Crippen LogP contribution in [-0.2, 0) is 16.1 Å². The molecule has 24 heavy (non-hydrogen) atoms. The van der Waals surface area contributed by atoms with E-state index < -0.39 is 6.04 Å². The van der Waals surface area contributed by atoms with Crippen LogP contribution in [0.2, 0.25) is 10.0 Å². The number of halogens is 2. The third-order valence-corrected chi connectivity index (χ3v) is 4.47. The van der Waals surface area contributed by atoms with Crippen molar-refractivity contribution >= 4 is 35.0 Å². The molecule has 4 nitrogen and oxygen atoms in total. The Kier molecular flexibility index (Phi) is 8.57. The van der Waals surface area contributed by atoms with Gasteiger partial charge in [-0.05, 0) is 24.5 Å². The van der Waals surface area contributed by atoms with Crippen molar-refractivity contribution in [3.63, 3.8) is 0 Å². The molecule has 2 amide bonds. The molecule has 1 aromatic rings. The van der Waals surface area contributed by atoms with Crippen molar-refractivity contribution in [3.8, 4) is 0 Å². The third kappa shape index (κ3) is 5.67. The first kappa shape index (κ1) is 20.8. The molecule has 0 aromatic heterocycles. The fourth-order valence-electron chi connectivity index (χ4n) is 2.40. The molecule has 0 aliphatic carbocycles. The van der Waals surface area contributed by atoms with Gasteiger partial charge in [-0.25, -0.2) is 0 Å². The Morgan fingerprint density at radius 3 is 2.21 bits per heavy atom. The minimum absolute atomic E-state index is 0.0995. The van der Waals surface area contributed by atoms with Crippen LogP contribution in [0.15, 0.2) is 18.2 Å². The first-order chi connectivity index (χ1) is 11.3. The maximum atomic E-state index is 12.5. The van der Waals surface area contributed by atoms with E-state index in [0.29, 0.717) is 40.9 Å². The van der Waals surface area contributed by atoms with Crippen LogP contribution in [0.3, 0.4) is 0 Å². The number of rotatable bonds is 8. The SMILES string of the molecule is CCC(=O)N(Cc1c(Cl)cccc1Cl)C(CC)C(=O)NCC(C)C. The monoisotopic (exact) mass is 372 g/mol. The molecule has 0 heterocycles. The number of carbonyl (C=O) groups excluding carboxylic acids is 2. The molecule has 1 aromatic carbocycles. The van der Waals surface area contributed by atoms with Crippen molar-refractivity contribution in [3.05, 3.63) is 33.8 Å². The summed E-state index contributed by atoms with van der Waals surface area (Å²) in [4.78, 5) is 26.5. The van der Waals surface area contributed by atoms with Gasteiger partial charge in [-0.15, -0.1) is 0 Å². The van der Waals surface area contributed by atoms with Gasteiger partial charge in [0.15, 0.2) is 0 Å². The topological polar surface area (TPSA) is 49.4 Å². The summed E-state index contributed by atoms with van der Waals surface area (Å²) in [6, 6.07) is 4.68. The van der Waals surface area contributed by atoms with E-state index in [4.69, 9.17) is 23.2 Å². The van der Waals surface area contributed by atoms with Gasteiger partial charge in [0, 0.05) is 35.1 Å². The van der Waals surface area contributed by atoms with Crippen molar-refractivity contribution in [2.75, 3.05) is 6.54 Å². The predicted octanol–water partition coefficient (Wildman–Crippen LogP) is 4.28. The molecule has 6 heteroatoms. The Balaban J connectivity index is 3.06. The lowest BCUT2D eigenvalue weighted by Crippen LogP contribution is -2.49. The largest absolute Gasteiger partial charge is 0.354 e. The summed E-state index contributed by atoms with van der Waals surface area (Å²) in [6.07, 6.45) is 0.841. The van der Waals surface area contributed by atoms with Crippen molar-refractivity contribution in [1.29, 1.82) is 0 Å². The Bertz CT molecular complexity index is 556. The molecule has 0 aliphatic rings. The number of carbonyl (C=O) groups is 2. The molecule has 0 saturated carbocycles. The molecule has 0 spiro atoms. The zero-order valence-corrected chi connectivity index (χ0v) is 16.2. The van der Waals surface area contributed by atoms with Gasteiger partial charge in [0.1, 0.15) is 6.04 Å². The summed E-state index contributed by atoms with van der Waals surface area (Å²) < 4.78 is 0. The van der Waals surface area contributed by atoms with Crippen LogP contribution in [0.4, 0.5) is 0 Å². The van der Waals surface area contributed by atoms with Crippen LogP contribution in [0.5, 0.6) is 0 Å². The van der Waals surface area contributed by atoms with E-state index in [1.807, 2.05) is 20.8 Å². The lowest BCUT2D eigenvalue weighted by molar-refractivity contribution is -0.141. The normalized spacial score (nSPS) is 12.1. The van der Waals surface area contributed by atoms with Crippen LogP contribution in [-0.4, -0.2) is 29.3 Å². The standard InChI is InChI=1S/C18H26Cl2N2O2/c1-5-16(18(24)21-10-12(3)4)22(17(23)6-2)11-13-14(19)8-7-9-15(13)20/h7-9,12,16H,5-6,10-11H2,1-4H3,(H,21,24). The predicted molar refractivity (Wildman–Crippen MR) is 99.2 cm³/mol. The van der Waals surface area contributed by atoms with Gasteiger partial charge >= 0.3 is 0 Å². The molecule has 0 bridgehead atoms. The highest BCUT2D eigenvalue weighted by atomic mass is 35.5. The molecule has 0 radical (unpaired) electrons. The maximum absolute atomic E-state index is 12.5. The quantitative estimate of drug-likeness (QED) is 0.739. The minimum Gasteiger partial charge on any atom is -0.354 e. The third-order valence-electron chi connectivity index (χ3n) is 3.76. The van der Waals surface area contributed by atoms with E-state index in [1.165, 1.54) is 0 Å². The van der Waals surface area contributed by atoms with Gasteiger partial charge in [-0.1, -0.05) is 57.0 Å². The first-order valence-electron chi connectivity index (χ1n) is 8.31. The summed E-state index contributed by atoms with van der Waals surface area (Å²) in [7, 11) is 0. The first-order valence-corrected chi connectivity index (χ1v) is 9.07. The molecule has 0 fully saturated rings. The molecule has 0 aliphatic heterocycles. The van der Waals surface area contributed by atoms with E-state index in [9.17, 15) is 9.59 Å². The van der Waals surface area contributed by atoms with Gasteiger partial charge in [-0.2, -0.15) is 0 Å². The Morgan fingerprint density at radius 1 is 1.17 bits per heavy atom. The summed E-state index contributed by atoms with van der Waals surface area (Å²) >= 11 is 12.5. The summed E-state index contributed by atoms with van der Waals surface area (Å²) in [5, 5.41) is 3.90. The Labute approximate surface area is 154 Å². The molecule has 1 N–H and O–H groups in total. The van der Waals surface area contributed by atoms with Gasteiger partial charge in [0.05, 0.1) is 0 Å². The summed E-state index contributed by atoms with van der Waals surface area (Å²) in [5.41, 5.74) is 0.665. The maximum Gasteiger partial charge on any atom is 0.242 e. The smallest absolute Gasteiger partial charge is 0.242 e. The van der Waals surface area contributed by atoms with Crippen LogP contribution in [0, 0.1) is 5.92 Å². The van der Waals surface area contributed by atoms with E-state index in [1.54, 1.807) is 30.0 Å². The van der Waals surface area contributed by atoms with Gasteiger partial charge < -0.3 is 10.2 Å². The number of nitrogens with one attached hydrogen (secondary N) is 1. The summed E-state index contributed by atoms with van der Waals surface area (Å²) in [5.74, 6) is 0.105. The van der Waals surface area contributed by atoms with E-state index in [0.717, 1.165) is 0 Å². The van der Waals surface area contributed by atoms with Crippen molar-refractivity contribution in [2.24, 2.45) is 5.92 Å². The molecular formula is C18H26Cl2N2O2. The molecular weight excluding hydrogens is 347 g/mol. The number of amides is 2. The van der Waals surface area contributed by atoms with Crippen LogP contribution < -0.4 is 5.32 Å². The van der Waals surface area contributed by atoms with Crippen LogP contribution in [0.1, 0.15) is 46.1 Å². The van der Waals surface area contributed by atoms with Crippen molar-refractivity contribution in [1.82, 2.24) is 10.2 Å². The van der Waals surface area contributed by atoms with Gasteiger partial charge in [0.25, 0.3) is 0 Å². The average Bonchev–Trinajstić information content (AvgIpc) is 2.54. The molecule has 134 valence electrons. The molecule has 1 unspecified atom stereocenters. The fraction of sp³-hybridized carbons (Fsp3) is 0.556. The summed E-state index contributed by atoms with van der Waals surface area (Å²) in [6.45, 7) is 8.53. The molecule has 1 atom stereocenters. The number of hydrogen-bond donors (Lipinski definition) is 1. The van der Waals surface area contributed by atoms with E-state index >= 15 is 0 Å². The number of nitrogens with zero attached hydrogens (tertiary/aromatic N) is 1. The number of benzene rings is 1. The lowest BCUT2D eigenvalue weighted by Gasteiger charge is -2.31. The second kappa shape index (κ2) is 9.90. The Morgan fingerprint density at radius 2 is 1.75 bits per heavy atom. The highest BCUT2D eigenvalue weighted by molar-refractivity contribution is 6.36. The van der Waals surface area contributed by atoms with E-state index in [-0.39, 0.29) is 18.4 Å². The molecule has 0 saturated heterocycles. The Hall–Kier alpha value is -1.26. The second-order valence-corrected chi connectivity index (χ2v) is 6.95. The van der Waals surface area contributed by atoms with Gasteiger partial charge in [-0.3, -0.25) is 9.59 Å². The lowest BCUT2D eigenvalue weighted by atomic mass is 10.1. The van der Waals surface area contributed by atoms with Gasteiger partial charge in [0.2, 0.25) is 11.8 Å². The van der Waals surface area contributed by atoms with Crippen LogP contribution >= 0.6 is 23.2 Å². The average molecular weight is 373 g/mol. The van der Waals surface area contributed by atoms with E-state index in [2.05, 4.69) is 5.32 Å². The van der Waals surface area contributed by atoms with Crippen molar-refractivity contribution < 1.29 is 9.59 Å². The van der Waals surface area contributed by atoms with Crippen LogP contribution in [0.25, 0.3) is 0 Å². The zero-order chi connectivity index (χ0) is 18.3. The fourth-order valence-corrected chi connectivity index (χ4v) is 2.92. The number of hydrogen-bond acceptors (Lipinski definition) is 2. The highest BCUT2D eigenvalue weighted by Gasteiger charge is 2.28. The van der Waals surface area contributed by atoms with Crippen molar-refractivity contribution in [2.45, 2.75) is 53.1 Å². The molecule has 1 rings (SSSR count). The highest BCUT2D eigenvalue weighted by Crippen LogP contribution is 2.27.